The second-order valence-corrected chi connectivity index (χ2v) is 20.3. The molecule has 87 heavy (non-hydrogen) atoms. The highest BCUT2D eigenvalue weighted by atomic mass is 16.6. The molecule has 0 radical (unpaired) electrons. The number of hydrogen-bond donors (Lipinski definition) is 0. The topological polar surface area (TPSA) is 204 Å². The van der Waals surface area contributed by atoms with Crippen LogP contribution in [0.1, 0.15) is 126 Å². The second-order valence-electron chi connectivity index (χ2n) is 20.3. The third kappa shape index (κ3) is 23.8. The summed E-state index contributed by atoms with van der Waals surface area (Å²) in [6.45, 7) is 18.3. The predicted molar refractivity (Wildman–Crippen MR) is 328 cm³/mol. The number of aryl methyl sites for hydroxylation is 4. The number of benzene rings is 6. The normalized spacial score (nSPS) is 10.8. The van der Waals surface area contributed by atoms with E-state index in [1.54, 1.807) is 97.1 Å². The molecule has 0 unspecified atom stereocenters. The molecular weight excluding hydrogens is 1110 g/mol. The molecule has 0 atom stereocenters. The van der Waals surface area contributed by atoms with Gasteiger partial charge >= 0.3 is 35.8 Å². The van der Waals surface area contributed by atoms with Gasteiger partial charge in [-0.25, -0.2) is 28.8 Å². The Labute approximate surface area is 509 Å². The fraction of sp³-hybridized carbons (Fsp3) is 0.343. The highest BCUT2D eigenvalue weighted by molar-refractivity contribution is 5.93. The lowest BCUT2D eigenvalue weighted by Gasteiger charge is -2.13. The third-order valence-corrected chi connectivity index (χ3v) is 13.7. The van der Waals surface area contributed by atoms with Crippen LogP contribution in [0.25, 0.3) is 0 Å². The third-order valence-electron chi connectivity index (χ3n) is 13.7. The molecule has 6 rings (SSSR count). The summed E-state index contributed by atoms with van der Waals surface area (Å²) in [6, 6.07) is 33.0. The maximum Gasteiger partial charge on any atom is 0.343 e. The summed E-state index contributed by atoms with van der Waals surface area (Å²) in [5, 5.41) is 0. The zero-order valence-corrected chi connectivity index (χ0v) is 50.2. The van der Waals surface area contributed by atoms with Crippen LogP contribution in [-0.4, -0.2) is 102 Å². The van der Waals surface area contributed by atoms with E-state index in [0.717, 1.165) is 86.5 Å². The van der Waals surface area contributed by atoms with Crippen LogP contribution < -0.4 is 28.4 Å². The van der Waals surface area contributed by atoms with Crippen molar-refractivity contribution in [2.45, 2.75) is 91.9 Å². The van der Waals surface area contributed by atoms with Crippen LogP contribution in [0.4, 0.5) is 0 Å². The minimum absolute atomic E-state index is 0.288. The molecule has 0 bridgehead atoms. The smallest absolute Gasteiger partial charge is 0.343 e. The summed E-state index contributed by atoms with van der Waals surface area (Å²) in [5.74, 6) is -0.577. The maximum atomic E-state index is 13.1. The van der Waals surface area contributed by atoms with Crippen LogP contribution in [0.15, 0.2) is 147 Å². The molecule has 0 fully saturated rings. The quantitative estimate of drug-likeness (QED) is 0.0153. The minimum atomic E-state index is -0.559. The standard InChI is InChI=1S/C70H78O17/c1-7-65(71)82-35-15-11-9-13-17-63-49(3)45-55(46-50(63)4)69(75)86-61-31-27-59(28-32-61)84-67(73)53-19-23-57(24-20-53)80-43-41-78-39-37-77-38-40-79-42-44-81-58-25-21-54(22-26-58)68(74)85-60-29-33-62(34-30-60)87-70(76)56-47-51(5)64(52(6)48-56)18-14-10-12-16-36-83-66(72)8-2/h7-8,19-34,45-48H,1-2,9-18,35-44H2,3-6H3. The molecule has 0 aliphatic heterocycles. The molecule has 0 aromatic heterocycles. The molecule has 0 spiro atoms. The predicted octanol–water partition coefficient (Wildman–Crippen LogP) is 13.0. The van der Waals surface area contributed by atoms with Crippen LogP contribution >= 0.6 is 0 Å². The van der Waals surface area contributed by atoms with Crippen molar-refractivity contribution in [2.24, 2.45) is 0 Å². The Morgan fingerprint density at radius 1 is 0.322 bits per heavy atom. The molecule has 17 nitrogen and oxygen atoms in total. The molecule has 17 heteroatoms. The van der Waals surface area contributed by atoms with E-state index in [0.29, 0.717) is 111 Å². The molecular formula is C70H78O17. The lowest BCUT2D eigenvalue weighted by molar-refractivity contribution is -0.138. The van der Waals surface area contributed by atoms with Gasteiger partial charge in [-0.2, -0.15) is 0 Å². The van der Waals surface area contributed by atoms with Crippen LogP contribution in [-0.2, 0) is 46.1 Å². The van der Waals surface area contributed by atoms with E-state index >= 15 is 0 Å². The van der Waals surface area contributed by atoms with E-state index in [4.69, 9.17) is 52.1 Å². The molecule has 0 N–H and O–H groups in total. The van der Waals surface area contributed by atoms with E-state index in [1.165, 1.54) is 23.3 Å². The first-order valence-corrected chi connectivity index (χ1v) is 29.3. The lowest BCUT2D eigenvalue weighted by atomic mass is 9.95. The first-order chi connectivity index (χ1) is 42.2. The Morgan fingerprint density at radius 3 is 0.885 bits per heavy atom. The SMILES string of the molecule is C=CC(=O)OCCCCCCc1c(C)cc(C(=O)Oc2ccc(OC(=O)c3ccc(OCCOCCOCCOCCOc4ccc(C(=O)Oc5ccc(OC(=O)c6cc(C)c(CCCCCCOC(=O)C=C)c(C)c6)cc5)cc4)cc3)cc2)cc1C. The molecule has 0 saturated heterocycles. The van der Waals surface area contributed by atoms with Gasteiger partial charge in [-0.15, -0.1) is 0 Å². The van der Waals surface area contributed by atoms with E-state index in [1.807, 2.05) is 52.0 Å². The number of esters is 6. The highest BCUT2D eigenvalue weighted by Gasteiger charge is 2.17. The number of carbonyl (C=O) groups excluding carboxylic acids is 6. The summed E-state index contributed by atoms with van der Waals surface area (Å²) in [5.41, 5.74) is 8.03. The van der Waals surface area contributed by atoms with E-state index < -0.39 is 35.8 Å². The highest BCUT2D eigenvalue weighted by Crippen LogP contribution is 2.26. The molecule has 0 aliphatic carbocycles. The molecule has 0 aliphatic rings. The molecule has 6 aromatic carbocycles. The molecule has 0 heterocycles. The van der Waals surface area contributed by atoms with Crippen LogP contribution in [0.2, 0.25) is 0 Å². The van der Waals surface area contributed by atoms with Gasteiger partial charge in [0, 0.05) is 12.2 Å². The van der Waals surface area contributed by atoms with Gasteiger partial charge in [0.25, 0.3) is 0 Å². The van der Waals surface area contributed by atoms with Gasteiger partial charge in [-0.1, -0.05) is 38.8 Å². The average Bonchev–Trinajstić information content (AvgIpc) is 2.72. The van der Waals surface area contributed by atoms with Crippen molar-refractivity contribution < 1.29 is 80.9 Å². The van der Waals surface area contributed by atoms with Crippen molar-refractivity contribution in [3.05, 3.63) is 202 Å². The maximum absolute atomic E-state index is 13.1. The molecule has 6 aromatic rings. The molecule has 0 amide bonds. The number of ether oxygens (including phenoxy) is 11. The molecule has 0 saturated carbocycles. The minimum Gasteiger partial charge on any atom is -0.491 e. The van der Waals surface area contributed by atoms with Gasteiger partial charge in [0.05, 0.1) is 75.1 Å². The Kier molecular flexibility index (Phi) is 28.5. The Morgan fingerprint density at radius 2 is 0.586 bits per heavy atom. The van der Waals surface area contributed by atoms with Crippen molar-refractivity contribution in [2.75, 3.05) is 66.1 Å². The van der Waals surface area contributed by atoms with E-state index in [9.17, 15) is 28.8 Å². The van der Waals surface area contributed by atoms with Gasteiger partial charge < -0.3 is 52.1 Å². The average molecular weight is 1190 g/mol. The van der Waals surface area contributed by atoms with Gasteiger partial charge in [-0.05, 0) is 221 Å². The number of unbranched alkanes of at least 4 members (excludes halogenated alkanes) is 6. The fourth-order valence-corrected chi connectivity index (χ4v) is 9.16. The Balaban J connectivity index is 0.758. The summed E-state index contributed by atoms with van der Waals surface area (Å²) < 4.78 is 60.7. The van der Waals surface area contributed by atoms with Gasteiger partial charge in [-0.3, -0.25) is 0 Å². The van der Waals surface area contributed by atoms with Crippen molar-refractivity contribution in [1.29, 1.82) is 0 Å². The number of carbonyl (C=O) groups is 6. The van der Waals surface area contributed by atoms with Gasteiger partial charge in [0.15, 0.2) is 0 Å². The monoisotopic (exact) mass is 1190 g/mol. The molecule has 460 valence electrons. The first-order valence-electron chi connectivity index (χ1n) is 29.3. The first kappa shape index (κ1) is 67.2. The van der Waals surface area contributed by atoms with Crippen molar-refractivity contribution in [3.8, 4) is 34.5 Å². The van der Waals surface area contributed by atoms with E-state index in [2.05, 4.69) is 13.2 Å². The summed E-state index contributed by atoms with van der Waals surface area (Å²) in [6.07, 6.45) is 11.6. The lowest BCUT2D eigenvalue weighted by Crippen LogP contribution is -2.14. The van der Waals surface area contributed by atoms with E-state index in [-0.39, 0.29) is 11.5 Å². The van der Waals surface area contributed by atoms with Crippen LogP contribution in [0.5, 0.6) is 34.5 Å². The Hall–Kier alpha value is -8.90. The van der Waals surface area contributed by atoms with Crippen molar-refractivity contribution in [1.82, 2.24) is 0 Å². The van der Waals surface area contributed by atoms with Gasteiger partial charge in [0.1, 0.15) is 47.7 Å². The summed E-state index contributed by atoms with van der Waals surface area (Å²) in [7, 11) is 0. The van der Waals surface area contributed by atoms with Crippen LogP contribution in [0, 0.1) is 27.7 Å². The number of rotatable bonds is 38. The largest absolute Gasteiger partial charge is 0.491 e. The van der Waals surface area contributed by atoms with Crippen molar-refractivity contribution >= 4 is 35.8 Å². The summed E-state index contributed by atoms with van der Waals surface area (Å²) >= 11 is 0. The second kappa shape index (κ2) is 36.8. The van der Waals surface area contributed by atoms with Crippen molar-refractivity contribution in [3.63, 3.8) is 0 Å². The zero-order valence-electron chi connectivity index (χ0n) is 50.2. The van der Waals surface area contributed by atoms with Gasteiger partial charge in [0.2, 0.25) is 0 Å². The fourth-order valence-electron chi connectivity index (χ4n) is 9.16. The zero-order chi connectivity index (χ0) is 62.2. The van der Waals surface area contributed by atoms with Crippen LogP contribution in [0.3, 0.4) is 0 Å². The number of hydrogen-bond acceptors (Lipinski definition) is 17. The Bertz CT molecular complexity index is 2940. The summed E-state index contributed by atoms with van der Waals surface area (Å²) in [4.78, 5) is 74.2.